The van der Waals surface area contributed by atoms with Gasteiger partial charge in [0.15, 0.2) is 4.83 Å². The lowest BCUT2D eigenvalue weighted by Gasteiger charge is -2.14. The van der Waals surface area contributed by atoms with Crippen LogP contribution in [0.5, 0.6) is 0 Å². The molecule has 0 aliphatic heterocycles. The minimum Gasteiger partial charge on any atom is -0.348 e. The zero-order chi connectivity index (χ0) is 19.5. The summed E-state index contributed by atoms with van der Waals surface area (Å²) < 4.78 is 1.11. The molecule has 0 unspecified atom stereocenters. The summed E-state index contributed by atoms with van der Waals surface area (Å²) in [5.74, 6) is -0.286. The van der Waals surface area contributed by atoms with E-state index in [4.69, 9.17) is 0 Å². The van der Waals surface area contributed by atoms with Gasteiger partial charge in [0.2, 0.25) is 5.91 Å². The van der Waals surface area contributed by atoms with Crippen LogP contribution in [0.15, 0.2) is 71.5 Å². The first-order valence-corrected chi connectivity index (χ1v) is 9.70. The van der Waals surface area contributed by atoms with Crippen molar-refractivity contribution in [3.8, 4) is 10.4 Å². The smallest absolute Gasteiger partial charge is 0.279 e. The highest BCUT2D eigenvalue weighted by atomic mass is 32.1. The summed E-state index contributed by atoms with van der Waals surface area (Å²) in [6, 6.07) is 21.1. The van der Waals surface area contributed by atoms with Crippen LogP contribution in [0.25, 0.3) is 20.7 Å². The van der Waals surface area contributed by atoms with Crippen molar-refractivity contribution in [3.63, 3.8) is 0 Å². The Kier molecular flexibility index (Phi) is 4.99. The molecule has 28 heavy (non-hydrogen) atoms. The molecule has 0 fully saturated rings. The van der Waals surface area contributed by atoms with Crippen LogP contribution in [0.2, 0.25) is 0 Å². The third-order valence-corrected chi connectivity index (χ3v) is 5.52. The van der Waals surface area contributed by atoms with Crippen molar-refractivity contribution in [1.82, 2.24) is 20.3 Å². The minimum atomic E-state index is -0.314. The first-order valence-electron chi connectivity index (χ1n) is 8.89. The maximum absolute atomic E-state index is 12.8. The van der Waals surface area contributed by atoms with E-state index in [-0.39, 0.29) is 24.1 Å². The fraction of sp³-hybridized carbons (Fsp3) is 0.143. The van der Waals surface area contributed by atoms with E-state index in [1.165, 1.54) is 11.3 Å². The predicted octanol–water partition coefficient (Wildman–Crippen LogP) is 3.40. The molecule has 0 radical (unpaired) electrons. The molecular formula is C21H18N4O2S. The lowest BCUT2D eigenvalue weighted by atomic mass is 10.1. The molecule has 140 valence electrons. The Labute approximate surface area is 165 Å². The Hall–Kier alpha value is -3.32. The zero-order valence-electron chi connectivity index (χ0n) is 15.2. The molecule has 0 spiro atoms. The Morgan fingerprint density at radius 2 is 1.79 bits per heavy atom. The molecule has 0 aliphatic carbocycles. The maximum Gasteiger partial charge on any atom is 0.279 e. The molecule has 0 saturated carbocycles. The Morgan fingerprint density at radius 1 is 1.11 bits per heavy atom. The zero-order valence-corrected chi connectivity index (χ0v) is 16.0. The average molecular weight is 390 g/mol. The van der Waals surface area contributed by atoms with E-state index >= 15 is 0 Å². The van der Waals surface area contributed by atoms with Crippen molar-refractivity contribution in [1.29, 1.82) is 0 Å². The molecule has 0 saturated heterocycles. The van der Waals surface area contributed by atoms with Crippen molar-refractivity contribution in [2.45, 2.75) is 19.5 Å². The number of fused-ring (bicyclic) bond motifs is 1. The standard InChI is InChI=1S/C21H18N4O2S/c1-14(15-8-4-2-5-9-15)22-19(26)13-25-21(27)17-12-18(28-20(17)23-24-25)16-10-6-3-7-11-16/h2-12,14H,13H2,1H3,(H,22,26)/t14-/m1/s1. The molecule has 2 heterocycles. The summed E-state index contributed by atoms with van der Waals surface area (Å²) in [4.78, 5) is 26.6. The van der Waals surface area contributed by atoms with Gasteiger partial charge in [0.1, 0.15) is 6.54 Å². The van der Waals surface area contributed by atoms with Crippen LogP contribution < -0.4 is 10.9 Å². The average Bonchev–Trinajstić information content (AvgIpc) is 3.17. The van der Waals surface area contributed by atoms with Gasteiger partial charge in [-0.1, -0.05) is 65.9 Å². The summed E-state index contributed by atoms with van der Waals surface area (Å²) in [6.07, 6.45) is 0. The number of carbonyl (C=O) groups excluding carboxylic acids is 1. The molecule has 4 aromatic rings. The Morgan fingerprint density at radius 3 is 2.50 bits per heavy atom. The van der Waals surface area contributed by atoms with Gasteiger partial charge in [-0.05, 0) is 24.1 Å². The largest absolute Gasteiger partial charge is 0.348 e. The van der Waals surface area contributed by atoms with E-state index in [2.05, 4.69) is 15.6 Å². The summed E-state index contributed by atoms with van der Waals surface area (Å²) in [5.41, 5.74) is 1.70. The van der Waals surface area contributed by atoms with Gasteiger partial charge in [0, 0.05) is 4.88 Å². The third kappa shape index (κ3) is 3.70. The van der Waals surface area contributed by atoms with Gasteiger partial charge in [-0.25, -0.2) is 4.68 Å². The van der Waals surface area contributed by atoms with Gasteiger partial charge in [-0.2, -0.15) is 0 Å². The molecule has 2 aromatic carbocycles. The number of hydrogen-bond acceptors (Lipinski definition) is 5. The lowest BCUT2D eigenvalue weighted by molar-refractivity contribution is -0.122. The number of thiophene rings is 1. The van der Waals surface area contributed by atoms with Gasteiger partial charge in [0.05, 0.1) is 11.4 Å². The van der Waals surface area contributed by atoms with Gasteiger partial charge in [-0.15, -0.1) is 16.4 Å². The number of benzene rings is 2. The van der Waals surface area contributed by atoms with E-state index in [1.807, 2.05) is 73.7 Å². The fourth-order valence-electron chi connectivity index (χ4n) is 2.98. The van der Waals surface area contributed by atoms with Crippen LogP contribution in [-0.4, -0.2) is 20.9 Å². The van der Waals surface area contributed by atoms with Crippen LogP contribution in [0.4, 0.5) is 0 Å². The van der Waals surface area contributed by atoms with Crippen LogP contribution in [0.1, 0.15) is 18.5 Å². The van der Waals surface area contributed by atoms with Crippen LogP contribution in [0, 0.1) is 0 Å². The fourth-order valence-corrected chi connectivity index (χ4v) is 3.95. The first-order chi connectivity index (χ1) is 13.6. The molecule has 1 amide bonds. The Balaban J connectivity index is 1.55. The second-order valence-electron chi connectivity index (χ2n) is 6.45. The number of amides is 1. The molecule has 6 nitrogen and oxygen atoms in total. The van der Waals surface area contributed by atoms with E-state index in [1.54, 1.807) is 0 Å². The number of aromatic nitrogens is 3. The molecular weight excluding hydrogens is 372 g/mol. The minimum absolute atomic E-state index is 0.160. The number of rotatable bonds is 5. The molecule has 2 aromatic heterocycles. The monoisotopic (exact) mass is 390 g/mol. The van der Waals surface area contributed by atoms with Crippen molar-refractivity contribution in [2.75, 3.05) is 0 Å². The van der Waals surface area contributed by atoms with Crippen LogP contribution in [0.3, 0.4) is 0 Å². The van der Waals surface area contributed by atoms with Crippen LogP contribution >= 0.6 is 11.3 Å². The summed E-state index contributed by atoms with van der Waals surface area (Å²) in [6.45, 7) is 1.73. The molecule has 1 atom stereocenters. The maximum atomic E-state index is 12.8. The highest BCUT2D eigenvalue weighted by Crippen LogP contribution is 2.30. The van der Waals surface area contributed by atoms with E-state index in [0.29, 0.717) is 10.2 Å². The van der Waals surface area contributed by atoms with Crippen LogP contribution in [-0.2, 0) is 11.3 Å². The van der Waals surface area contributed by atoms with Crippen molar-refractivity contribution in [2.24, 2.45) is 0 Å². The predicted molar refractivity (Wildman–Crippen MR) is 110 cm³/mol. The summed E-state index contributed by atoms with van der Waals surface area (Å²) in [7, 11) is 0. The SMILES string of the molecule is C[C@@H](NC(=O)Cn1nnc2sc(-c3ccccc3)cc2c1=O)c1ccccc1. The first kappa shape index (κ1) is 18.1. The summed E-state index contributed by atoms with van der Waals surface area (Å²) in [5, 5.41) is 11.4. The Bertz CT molecular complexity index is 1170. The van der Waals surface area contributed by atoms with E-state index < -0.39 is 0 Å². The van der Waals surface area contributed by atoms with Crippen molar-refractivity contribution < 1.29 is 4.79 Å². The van der Waals surface area contributed by atoms with Gasteiger partial charge < -0.3 is 5.32 Å². The topological polar surface area (TPSA) is 76.9 Å². The summed E-state index contributed by atoms with van der Waals surface area (Å²) >= 11 is 1.41. The van der Waals surface area contributed by atoms with E-state index in [9.17, 15) is 9.59 Å². The van der Waals surface area contributed by atoms with Crippen molar-refractivity contribution in [3.05, 3.63) is 82.6 Å². The van der Waals surface area contributed by atoms with Gasteiger partial charge >= 0.3 is 0 Å². The second-order valence-corrected chi connectivity index (χ2v) is 7.48. The van der Waals surface area contributed by atoms with Crippen molar-refractivity contribution >= 4 is 27.5 Å². The molecule has 0 bridgehead atoms. The highest BCUT2D eigenvalue weighted by Gasteiger charge is 2.15. The number of carbonyl (C=O) groups is 1. The lowest BCUT2D eigenvalue weighted by Crippen LogP contribution is -2.35. The van der Waals surface area contributed by atoms with E-state index in [0.717, 1.165) is 20.7 Å². The highest BCUT2D eigenvalue weighted by molar-refractivity contribution is 7.21. The normalized spacial score (nSPS) is 12.0. The quantitative estimate of drug-likeness (QED) is 0.567. The molecule has 7 heteroatoms. The third-order valence-electron chi connectivity index (χ3n) is 4.45. The molecule has 4 rings (SSSR count). The molecule has 1 N–H and O–H groups in total. The molecule has 0 aliphatic rings. The number of hydrogen-bond donors (Lipinski definition) is 1. The number of nitrogens with zero attached hydrogens (tertiary/aromatic N) is 3. The number of nitrogens with one attached hydrogen (secondary N) is 1. The van der Waals surface area contributed by atoms with Gasteiger partial charge in [-0.3, -0.25) is 9.59 Å². The second kappa shape index (κ2) is 7.74. The van der Waals surface area contributed by atoms with Gasteiger partial charge in [0.25, 0.3) is 5.56 Å².